The summed E-state index contributed by atoms with van der Waals surface area (Å²) in [4.78, 5) is 41.1. The molecule has 3 N–H and O–H groups in total. The van der Waals surface area contributed by atoms with Gasteiger partial charge in [0.1, 0.15) is 18.1 Å². The second-order valence-corrected chi connectivity index (χ2v) is 26.5. The summed E-state index contributed by atoms with van der Waals surface area (Å²) in [6.45, 7) is 18.0. The molecule has 7 saturated heterocycles. The number of nitrogens with one attached hydrogen (secondary N) is 1. The van der Waals surface area contributed by atoms with Gasteiger partial charge in [-0.1, -0.05) is 66.2 Å². The van der Waals surface area contributed by atoms with E-state index in [4.69, 9.17) is 17.8 Å². The quantitative estimate of drug-likeness (QED) is 0.0332. The Morgan fingerprint density at radius 3 is 1.24 bits per heavy atom. The van der Waals surface area contributed by atoms with Crippen molar-refractivity contribution < 1.29 is 71.8 Å². The Labute approximate surface area is 498 Å². The van der Waals surface area contributed by atoms with E-state index in [1.807, 2.05) is 0 Å². The molecule has 6 bridgehead atoms. The van der Waals surface area contributed by atoms with E-state index < -0.39 is 57.0 Å². The minimum Gasteiger partial charge on any atom is -0.724 e. The van der Waals surface area contributed by atoms with Crippen LogP contribution >= 0.6 is 0 Å². The Morgan fingerprint density at radius 1 is 0.529 bits per heavy atom. The summed E-state index contributed by atoms with van der Waals surface area (Å²) in [5, 5.41) is 39.4. The monoisotopic (exact) mass is 1240 g/mol. The summed E-state index contributed by atoms with van der Waals surface area (Å²) < 4.78 is 90.2. The van der Waals surface area contributed by atoms with Crippen molar-refractivity contribution in [2.24, 2.45) is 17.8 Å². The number of rotatable bonds is 25. The Balaban J connectivity index is 0.000000137. The van der Waals surface area contributed by atoms with Crippen LogP contribution in [0.25, 0.3) is 0 Å². The fourth-order valence-electron chi connectivity index (χ4n) is 12.8. The van der Waals surface area contributed by atoms with Gasteiger partial charge in [0.05, 0.1) is 44.3 Å². The smallest absolute Gasteiger partial charge is 0.418 e. The highest BCUT2D eigenvalue weighted by Gasteiger charge is 2.51. The van der Waals surface area contributed by atoms with Crippen LogP contribution in [0.2, 0.25) is 0 Å². The maximum absolute atomic E-state index is 12.3. The molecule has 9 aliphatic rings. The second-order valence-electron chi connectivity index (χ2n) is 24.5. The fraction of sp³-hybridized carbons (Fsp3) is 0.833. The number of carbonyl (C=O) groups is 3. The molecule has 10 heterocycles. The molecule has 2 aliphatic carbocycles. The number of amides is 6. The van der Waals surface area contributed by atoms with Gasteiger partial charge in [-0.15, -0.1) is 34.9 Å². The first-order valence-electron chi connectivity index (χ1n) is 31.1. The predicted octanol–water partition coefficient (Wildman–Crippen LogP) is 7.00. The average molecular weight is 1240 g/mol. The number of nitrogens with zero attached hydrogens (tertiary/aromatic N) is 13. The van der Waals surface area contributed by atoms with Gasteiger partial charge in [-0.3, -0.25) is 9.76 Å². The lowest BCUT2D eigenvalue weighted by atomic mass is 9.83. The second kappa shape index (κ2) is 28.8. The number of aromatic nitrogens is 6. The Kier molecular flexibility index (Phi) is 21.8. The summed E-state index contributed by atoms with van der Waals surface area (Å²) in [6, 6.07) is -3.65. The molecule has 0 aromatic carbocycles. The van der Waals surface area contributed by atoms with Crippen molar-refractivity contribution in [3.63, 3.8) is 0 Å². The normalized spacial score (nSPS) is 25.0. The Hall–Kier alpha value is -5.15. The largest absolute Gasteiger partial charge is 0.724 e. The van der Waals surface area contributed by atoms with Crippen LogP contribution < -0.4 is 5.32 Å². The van der Waals surface area contributed by atoms with Crippen LogP contribution in [0.4, 0.5) is 14.4 Å². The summed E-state index contributed by atoms with van der Waals surface area (Å²) in [6.07, 6.45) is 24.3. The molecule has 0 spiro atoms. The predicted molar refractivity (Wildman–Crippen MR) is 299 cm³/mol. The highest BCUT2D eigenvalue weighted by atomic mass is 32.3. The fourth-order valence-corrected chi connectivity index (χ4v) is 13.6. The summed E-state index contributed by atoms with van der Waals surface area (Å²) in [7, 11) is -9.74. The molecule has 3 aromatic rings. The van der Waals surface area contributed by atoms with Crippen molar-refractivity contribution >= 4 is 38.9 Å². The number of urea groups is 3. The van der Waals surface area contributed by atoms with E-state index in [1.165, 1.54) is 130 Å². The summed E-state index contributed by atoms with van der Waals surface area (Å²) >= 11 is 0. The highest BCUT2D eigenvalue weighted by Crippen LogP contribution is 2.41. The van der Waals surface area contributed by atoms with Crippen molar-refractivity contribution in [3.8, 4) is 0 Å². The van der Waals surface area contributed by atoms with Crippen molar-refractivity contribution in [1.82, 2.24) is 65.8 Å². The lowest BCUT2D eigenvalue weighted by Crippen LogP contribution is -2.50. The van der Waals surface area contributed by atoms with E-state index in [1.54, 1.807) is 4.90 Å². The molecule has 476 valence electrons. The standard InChI is InChI=1S/C16H36N.C13H18N4O6S.C13H18N4O3.C12H17N5O6S/c1-5-9-13-17(14-10-6-2,15-11-7-3)16-12-8-4;18-13-16-7-9(17(13)23-24(19,20)21)4-5-10(16)12-15-14-11(22-12)6-8-2-1-3-8;18-13-16-7-9(17(13)19)4-5-10(16)12-15-14-11(20-12)6-8-2-1-3-8;18-12-16-6-8(17(12)23-24(19,20)21)1-2-9(16)11-15-14-10(22-11)3-7-4-13-5-7/h5-16H2,1-4H3;8-10H,1-7H2,(H,19,20,21);8-10,19H,1-7H2;7-9,13H,1-6H2,(H,19,20,21)/q+1;;;/p-1/t;2*9-,10+;8-,9+/m.111/s1. The lowest BCUT2D eigenvalue weighted by Gasteiger charge is -2.39. The minimum atomic E-state index is -4.99. The zero-order valence-corrected chi connectivity index (χ0v) is 51.3. The zero-order valence-electron chi connectivity index (χ0n) is 49.7. The molecule has 9 fully saturated rings. The number of hydrogen-bond acceptors (Lipinski definition) is 21. The van der Waals surface area contributed by atoms with Gasteiger partial charge in [0.25, 0.3) is 0 Å². The number of quaternary nitrogens is 1. The number of hydrogen-bond donors (Lipinski definition) is 3. The van der Waals surface area contributed by atoms with E-state index >= 15 is 0 Å². The molecule has 6 amide bonds. The van der Waals surface area contributed by atoms with E-state index in [-0.39, 0.29) is 31.2 Å². The number of unbranched alkanes of at least 4 members (excludes halogenated alkanes) is 4. The van der Waals surface area contributed by atoms with Gasteiger partial charge in [0.15, 0.2) is 0 Å². The first kappa shape index (κ1) is 64.3. The van der Waals surface area contributed by atoms with Crippen LogP contribution in [0.1, 0.15) is 210 Å². The first-order valence-corrected chi connectivity index (χ1v) is 33.8. The zero-order chi connectivity index (χ0) is 60.5. The van der Waals surface area contributed by atoms with Gasteiger partial charge in [0, 0.05) is 38.9 Å². The molecule has 12 rings (SSSR count). The first-order chi connectivity index (χ1) is 40.8. The maximum Gasteiger partial charge on any atom is 0.418 e. The van der Waals surface area contributed by atoms with Gasteiger partial charge >= 0.3 is 28.5 Å². The van der Waals surface area contributed by atoms with Crippen molar-refractivity contribution in [2.75, 3.05) is 58.9 Å². The van der Waals surface area contributed by atoms with Crippen LogP contribution in [0.5, 0.6) is 0 Å². The Morgan fingerprint density at radius 2 is 0.894 bits per heavy atom. The topological polar surface area (TPSA) is 350 Å². The van der Waals surface area contributed by atoms with Crippen LogP contribution in [-0.4, -0.2) is 191 Å². The van der Waals surface area contributed by atoms with Crippen LogP contribution in [0.15, 0.2) is 13.3 Å². The lowest BCUT2D eigenvalue weighted by molar-refractivity contribution is -0.929. The van der Waals surface area contributed by atoms with Gasteiger partial charge in [-0.2, -0.15) is 22.8 Å². The SMILES string of the molecule is CCCC[N+](CCCC)(CCCC)CCCC.O=C1N(O)[C@@H]2CC[C@@H](c3nnc(CC4CCC4)o3)N1C2.O=C1N2C[C@@H](CC[C@H]2c2nnc(CC3CCC3)o2)N1OS(=O)(=O)[O-].O=C1N2C[C@@H](CC[C@H]2c2nnc(CC3CNC3)o2)N1OS(=O)(=O)O. The van der Waals surface area contributed by atoms with Gasteiger partial charge in [-0.25, -0.2) is 27.9 Å². The molecule has 29 nitrogen and oxygen atoms in total. The molecule has 0 radical (unpaired) electrons. The van der Waals surface area contributed by atoms with Crippen LogP contribution in [0.3, 0.4) is 0 Å². The molecule has 85 heavy (non-hydrogen) atoms. The van der Waals surface area contributed by atoms with Crippen LogP contribution in [-0.2, 0) is 48.6 Å². The molecular weight excluding hydrogens is 1150 g/mol. The third kappa shape index (κ3) is 16.3. The molecule has 31 heteroatoms. The third-order valence-corrected chi connectivity index (χ3v) is 19.0. The molecular formula is C54H88N14O15S2. The van der Waals surface area contributed by atoms with Gasteiger partial charge in [0.2, 0.25) is 45.7 Å². The van der Waals surface area contributed by atoms with E-state index in [2.05, 4.69) is 72.2 Å². The maximum atomic E-state index is 12.3. The van der Waals surface area contributed by atoms with Crippen molar-refractivity contribution in [1.29, 1.82) is 0 Å². The molecule has 3 aromatic heterocycles. The van der Waals surface area contributed by atoms with Gasteiger partial charge in [-0.05, 0) is 121 Å². The van der Waals surface area contributed by atoms with Crippen molar-refractivity contribution in [3.05, 3.63) is 35.3 Å². The number of piperidine rings is 3. The molecule has 2 saturated carbocycles. The minimum absolute atomic E-state index is 0.0869. The van der Waals surface area contributed by atoms with Gasteiger partial charge < -0.3 is 42.3 Å². The number of carbonyl (C=O) groups excluding carboxylic acids is 3. The molecule has 6 atom stereocenters. The van der Waals surface area contributed by atoms with E-state index in [9.17, 15) is 41.0 Å². The van der Waals surface area contributed by atoms with Crippen molar-refractivity contribution in [2.45, 2.75) is 212 Å². The van der Waals surface area contributed by atoms with E-state index in [0.29, 0.717) is 102 Å². The summed E-state index contributed by atoms with van der Waals surface area (Å²) in [5.74, 6) is 4.76. The van der Waals surface area contributed by atoms with E-state index in [0.717, 1.165) is 43.8 Å². The number of hydroxylamine groups is 6. The molecule has 7 aliphatic heterocycles. The molecule has 0 unspecified atom stereocenters. The summed E-state index contributed by atoms with van der Waals surface area (Å²) in [5.41, 5.74) is 0. The average Bonchev–Trinajstić information content (AvgIpc) is 2.71. The third-order valence-electron chi connectivity index (χ3n) is 18.3. The Bertz CT molecular complexity index is 2740. The van der Waals surface area contributed by atoms with Crippen LogP contribution in [0, 0.1) is 17.8 Å². The highest BCUT2D eigenvalue weighted by molar-refractivity contribution is 7.81. The number of fused-ring (bicyclic) bond motifs is 6.